The molecule has 0 aromatic heterocycles. The van der Waals surface area contributed by atoms with Crippen molar-refractivity contribution < 1.29 is 33.3 Å². The van der Waals surface area contributed by atoms with Gasteiger partial charge in [-0.3, -0.25) is 4.79 Å². The molecule has 0 unspecified atom stereocenters. The molecule has 0 amide bonds. The van der Waals surface area contributed by atoms with E-state index in [2.05, 4.69) is 6.92 Å². The minimum Gasteiger partial charge on any atom is -0.469 e. The Balaban J connectivity index is 1.64. The third kappa shape index (κ3) is 12.3. The van der Waals surface area contributed by atoms with Gasteiger partial charge in [0, 0.05) is 6.42 Å². The molecule has 1 aliphatic rings. The molecule has 1 aliphatic heterocycles. The smallest absolute Gasteiger partial charge is 0.338 e. The standard InChI is InChI=1S/C35H48Cl2O7/c1-3-17-28(22-15-7-5-4-6-8-16-23-30(38)40-2)42-35-33(44-34(39)27-20-13-10-14-21-27)32(31(37)29(24-36)43-35)41-25-26-18-11-9-12-19-26/h9-14,18-21,28-29,31-33,35H,3-8,15-17,22-25H2,1-2H3/t28-,29+,31-,32-,33+,35+/m0/s1. The monoisotopic (exact) mass is 650 g/mol. The second-order valence-corrected chi connectivity index (χ2v) is 12.1. The molecule has 0 N–H and O–H groups in total. The van der Waals surface area contributed by atoms with Crippen LogP contribution in [-0.4, -0.2) is 61.0 Å². The Bertz CT molecular complexity index is 1070. The first-order valence-corrected chi connectivity index (χ1v) is 16.9. The molecule has 0 aliphatic carbocycles. The largest absolute Gasteiger partial charge is 0.469 e. The molecule has 0 radical (unpaired) electrons. The van der Waals surface area contributed by atoms with Gasteiger partial charge in [0.2, 0.25) is 0 Å². The van der Waals surface area contributed by atoms with E-state index in [1.54, 1.807) is 24.3 Å². The Morgan fingerprint density at radius 1 is 0.864 bits per heavy atom. The van der Waals surface area contributed by atoms with Crippen LogP contribution in [0.3, 0.4) is 0 Å². The molecular weight excluding hydrogens is 603 g/mol. The summed E-state index contributed by atoms with van der Waals surface area (Å²) in [6, 6.07) is 18.6. The molecular formula is C35H48Cl2O7. The Kier molecular flexibility index (Phi) is 17.2. The summed E-state index contributed by atoms with van der Waals surface area (Å²) in [6.45, 7) is 2.42. The first-order valence-electron chi connectivity index (χ1n) is 16.0. The molecule has 244 valence electrons. The molecule has 1 saturated heterocycles. The number of hydrogen-bond donors (Lipinski definition) is 0. The summed E-state index contributed by atoms with van der Waals surface area (Å²) in [7, 11) is 1.43. The summed E-state index contributed by atoms with van der Waals surface area (Å²) >= 11 is 13.2. The first-order chi connectivity index (χ1) is 21.5. The lowest BCUT2D eigenvalue weighted by Crippen LogP contribution is -2.59. The molecule has 3 rings (SSSR count). The van der Waals surface area contributed by atoms with Crippen LogP contribution in [0.15, 0.2) is 60.7 Å². The number of halogens is 2. The number of hydrogen-bond acceptors (Lipinski definition) is 7. The molecule has 44 heavy (non-hydrogen) atoms. The van der Waals surface area contributed by atoms with Crippen molar-refractivity contribution in [2.75, 3.05) is 13.0 Å². The molecule has 1 heterocycles. The summed E-state index contributed by atoms with van der Waals surface area (Å²) < 4.78 is 30.0. The van der Waals surface area contributed by atoms with Crippen LogP contribution in [0.1, 0.15) is 93.5 Å². The summed E-state index contributed by atoms with van der Waals surface area (Å²) in [4.78, 5) is 24.5. The van der Waals surface area contributed by atoms with Crippen LogP contribution in [0.2, 0.25) is 0 Å². The summed E-state index contributed by atoms with van der Waals surface area (Å²) in [5.74, 6) is -0.483. The zero-order chi connectivity index (χ0) is 31.6. The SMILES string of the molecule is CCC[C@@H](CCCCCCCCCC(=O)OC)O[C@@H]1O[C@H](CCl)[C@H](Cl)[C@H](OCc2ccccc2)[C@H]1OC(=O)c1ccccc1. The Morgan fingerprint density at radius 2 is 1.50 bits per heavy atom. The van der Waals surface area contributed by atoms with Crippen molar-refractivity contribution in [3.63, 3.8) is 0 Å². The van der Waals surface area contributed by atoms with Crippen LogP contribution in [0.5, 0.6) is 0 Å². The second kappa shape index (κ2) is 20.8. The van der Waals surface area contributed by atoms with Gasteiger partial charge in [0.1, 0.15) is 6.10 Å². The van der Waals surface area contributed by atoms with E-state index in [1.807, 2.05) is 36.4 Å². The van der Waals surface area contributed by atoms with Crippen LogP contribution in [0.25, 0.3) is 0 Å². The van der Waals surface area contributed by atoms with Crippen LogP contribution in [0, 0.1) is 0 Å². The van der Waals surface area contributed by atoms with Gasteiger partial charge in [0.05, 0.1) is 42.7 Å². The second-order valence-electron chi connectivity index (χ2n) is 11.3. The lowest BCUT2D eigenvalue weighted by molar-refractivity contribution is -0.282. The van der Waals surface area contributed by atoms with E-state index in [0.717, 1.165) is 69.8 Å². The Labute approximate surface area is 272 Å². The highest BCUT2D eigenvalue weighted by Crippen LogP contribution is 2.33. The third-order valence-corrected chi connectivity index (χ3v) is 8.67. The number of carbonyl (C=O) groups excluding carboxylic acids is 2. The molecule has 0 spiro atoms. The van der Waals surface area contributed by atoms with Gasteiger partial charge in [-0.2, -0.15) is 0 Å². The molecule has 7 nitrogen and oxygen atoms in total. The van der Waals surface area contributed by atoms with Crippen LogP contribution >= 0.6 is 23.2 Å². The van der Waals surface area contributed by atoms with Crippen molar-refractivity contribution in [3.05, 3.63) is 71.8 Å². The number of benzene rings is 2. The van der Waals surface area contributed by atoms with Crippen molar-refractivity contribution in [2.45, 2.75) is 120 Å². The van der Waals surface area contributed by atoms with Crippen LogP contribution < -0.4 is 0 Å². The lowest BCUT2D eigenvalue weighted by Gasteiger charge is -2.44. The van der Waals surface area contributed by atoms with Crippen LogP contribution in [0.4, 0.5) is 0 Å². The van der Waals surface area contributed by atoms with E-state index < -0.39 is 35.9 Å². The average molecular weight is 652 g/mol. The highest BCUT2D eigenvalue weighted by atomic mass is 35.5. The number of esters is 2. The van der Waals surface area contributed by atoms with Gasteiger partial charge < -0.3 is 23.7 Å². The van der Waals surface area contributed by atoms with E-state index in [9.17, 15) is 9.59 Å². The molecule has 0 saturated carbocycles. The zero-order valence-corrected chi connectivity index (χ0v) is 27.6. The number of alkyl halides is 2. The van der Waals surface area contributed by atoms with E-state index >= 15 is 0 Å². The van der Waals surface area contributed by atoms with E-state index in [1.165, 1.54) is 7.11 Å². The fraction of sp³-hybridized carbons (Fsp3) is 0.600. The van der Waals surface area contributed by atoms with E-state index in [4.69, 9.17) is 46.9 Å². The summed E-state index contributed by atoms with van der Waals surface area (Å²) in [5.41, 5.74) is 1.40. The summed E-state index contributed by atoms with van der Waals surface area (Å²) in [6.07, 6.45) is 7.44. The first kappa shape index (κ1) is 36.3. The fourth-order valence-electron chi connectivity index (χ4n) is 5.36. The number of ether oxygens (including phenoxy) is 5. The predicted octanol–water partition coefficient (Wildman–Crippen LogP) is 8.24. The normalized spacial score (nSPS) is 22.3. The number of unbranched alkanes of at least 4 members (excludes halogenated alkanes) is 6. The highest BCUT2D eigenvalue weighted by Gasteiger charge is 2.49. The van der Waals surface area contributed by atoms with Gasteiger partial charge in [0.25, 0.3) is 0 Å². The minimum absolute atomic E-state index is 0.0828. The predicted molar refractivity (Wildman–Crippen MR) is 173 cm³/mol. The third-order valence-electron chi connectivity index (χ3n) is 7.83. The highest BCUT2D eigenvalue weighted by molar-refractivity contribution is 6.23. The molecule has 2 aromatic carbocycles. The Hall–Kier alpha value is -2.16. The number of methoxy groups -OCH3 is 1. The van der Waals surface area contributed by atoms with Gasteiger partial charge in [-0.1, -0.05) is 100 Å². The lowest BCUT2D eigenvalue weighted by atomic mass is 10.0. The van der Waals surface area contributed by atoms with Crippen molar-refractivity contribution in [2.24, 2.45) is 0 Å². The van der Waals surface area contributed by atoms with Crippen molar-refractivity contribution in [3.8, 4) is 0 Å². The number of rotatable bonds is 20. The quantitative estimate of drug-likeness (QED) is 0.0811. The van der Waals surface area contributed by atoms with Crippen molar-refractivity contribution >= 4 is 35.1 Å². The molecule has 1 fully saturated rings. The van der Waals surface area contributed by atoms with Crippen molar-refractivity contribution in [1.29, 1.82) is 0 Å². The molecule has 0 bridgehead atoms. The number of carbonyl (C=O) groups is 2. The van der Waals surface area contributed by atoms with Gasteiger partial charge in [-0.15, -0.1) is 23.2 Å². The molecule has 9 heteroatoms. The maximum atomic E-state index is 13.3. The van der Waals surface area contributed by atoms with Crippen LogP contribution in [-0.2, 0) is 35.1 Å². The van der Waals surface area contributed by atoms with Crippen molar-refractivity contribution in [1.82, 2.24) is 0 Å². The van der Waals surface area contributed by atoms with Gasteiger partial charge in [0.15, 0.2) is 12.4 Å². The Morgan fingerprint density at radius 3 is 2.14 bits per heavy atom. The van der Waals surface area contributed by atoms with E-state index in [0.29, 0.717) is 12.0 Å². The topological polar surface area (TPSA) is 80.3 Å². The molecule has 6 atom stereocenters. The van der Waals surface area contributed by atoms with E-state index in [-0.39, 0.29) is 24.6 Å². The maximum absolute atomic E-state index is 13.3. The maximum Gasteiger partial charge on any atom is 0.338 e. The van der Waals surface area contributed by atoms with Gasteiger partial charge in [-0.25, -0.2) is 4.79 Å². The average Bonchev–Trinajstić information content (AvgIpc) is 3.05. The zero-order valence-electron chi connectivity index (χ0n) is 26.0. The van der Waals surface area contributed by atoms with Gasteiger partial charge in [-0.05, 0) is 37.0 Å². The minimum atomic E-state index is -0.891. The van der Waals surface area contributed by atoms with Gasteiger partial charge >= 0.3 is 11.9 Å². The fourth-order valence-corrected chi connectivity index (χ4v) is 6.09. The summed E-state index contributed by atoms with van der Waals surface area (Å²) in [5, 5.41) is -0.651. The molecule has 2 aromatic rings.